The van der Waals surface area contributed by atoms with Crippen molar-refractivity contribution in [2.45, 2.75) is 13.0 Å². The van der Waals surface area contributed by atoms with Gasteiger partial charge in [0.1, 0.15) is 0 Å². The highest BCUT2D eigenvalue weighted by Gasteiger charge is 2.05. The average molecular weight is 308 g/mol. The molecule has 1 amide bonds. The predicted octanol–water partition coefficient (Wildman–Crippen LogP) is 0.586. The molecule has 0 heterocycles. The van der Waals surface area contributed by atoms with Crippen LogP contribution in [-0.4, -0.2) is 51.6 Å². The Kier molecular flexibility index (Phi) is 7.01. The Balaban J connectivity index is 2.51. The first kappa shape index (κ1) is 17.6. The number of ether oxygens (including phenoxy) is 2. The Bertz CT molecular complexity index is 530. The number of methoxy groups -OCH3 is 2. The molecule has 0 saturated carbocycles. The third kappa shape index (κ3) is 5.51. The van der Waals surface area contributed by atoms with E-state index in [0.29, 0.717) is 37.0 Å². The van der Waals surface area contributed by atoms with Crippen LogP contribution in [0.3, 0.4) is 0 Å². The highest BCUT2D eigenvalue weighted by molar-refractivity contribution is 5.79. The van der Waals surface area contributed by atoms with Crippen LogP contribution in [0.4, 0.5) is 0 Å². The lowest BCUT2D eigenvalue weighted by molar-refractivity contribution is -0.128. The molecule has 0 aliphatic carbocycles. The van der Waals surface area contributed by atoms with E-state index < -0.39 is 0 Å². The zero-order valence-corrected chi connectivity index (χ0v) is 13.5. The van der Waals surface area contributed by atoms with Gasteiger partial charge in [-0.2, -0.15) is 0 Å². The second kappa shape index (κ2) is 8.76. The zero-order chi connectivity index (χ0) is 16.5. The van der Waals surface area contributed by atoms with Crippen molar-refractivity contribution in [1.29, 1.82) is 0 Å². The number of nitrogens with zero attached hydrogens (tertiary/aromatic N) is 2. The molecule has 7 heteroatoms. The molecule has 0 saturated heterocycles. The van der Waals surface area contributed by atoms with Gasteiger partial charge in [-0.15, -0.1) is 0 Å². The summed E-state index contributed by atoms with van der Waals surface area (Å²) in [5.74, 6) is 1.67. The lowest BCUT2D eigenvalue weighted by Gasteiger charge is -2.11. The number of amides is 1. The van der Waals surface area contributed by atoms with Gasteiger partial charge in [0.05, 0.1) is 20.8 Å². The van der Waals surface area contributed by atoms with Gasteiger partial charge in [0.25, 0.3) is 0 Å². The fourth-order valence-electron chi connectivity index (χ4n) is 1.73. The van der Waals surface area contributed by atoms with E-state index >= 15 is 0 Å². The van der Waals surface area contributed by atoms with E-state index in [0.717, 1.165) is 5.56 Å². The molecule has 0 unspecified atom stereocenters. The molecule has 0 radical (unpaired) electrons. The van der Waals surface area contributed by atoms with Crippen LogP contribution in [0.1, 0.15) is 12.0 Å². The van der Waals surface area contributed by atoms with Crippen LogP contribution in [0.15, 0.2) is 23.2 Å². The van der Waals surface area contributed by atoms with Crippen LogP contribution in [0.25, 0.3) is 0 Å². The van der Waals surface area contributed by atoms with Crippen molar-refractivity contribution >= 4 is 11.9 Å². The summed E-state index contributed by atoms with van der Waals surface area (Å²) >= 11 is 0. The molecule has 7 nitrogen and oxygen atoms in total. The molecule has 1 aromatic carbocycles. The van der Waals surface area contributed by atoms with Crippen molar-refractivity contribution in [2.24, 2.45) is 10.7 Å². The number of guanidine groups is 1. The summed E-state index contributed by atoms with van der Waals surface area (Å²) in [4.78, 5) is 17.2. The lowest BCUT2D eigenvalue weighted by Crippen LogP contribution is -2.35. The number of rotatable bonds is 7. The van der Waals surface area contributed by atoms with Crippen molar-refractivity contribution in [3.05, 3.63) is 23.8 Å². The Morgan fingerprint density at radius 1 is 1.27 bits per heavy atom. The normalized spacial score (nSPS) is 11.0. The minimum absolute atomic E-state index is 0.0418. The maximum atomic E-state index is 11.4. The maximum absolute atomic E-state index is 11.4. The lowest BCUT2D eigenvalue weighted by atomic mass is 10.2. The topological polar surface area (TPSA) is 89.2 Å². The molecule has 0 bridgehead atoms. The van der Waals surface area contributed by atoms with Crippen molar-refractivity contribution in [3.8, 4) is 11.5 Å². The Hall–Kier alpha value is -2.44. The second-order valence-electron chi connectivity index (χ2n) is 4.86. The first-order chi connectivity index (χ1) is 10.5. The molecule has 0 spiro atoms. The summed E-state index contributed by atoms with van der Waals surface area (Å²) in [6.45, 7) is 0.874. The third-order valence-corrected chi connectivity index (χ3v) is 3.02. The molecule has 122 valence electrons. The first-order valence-corrected chi connectivity index (χ1v) is 6.92. The van der Waals surface area contributed by atoms with E-state index in [4.69, 9.17) is 15.2 Å². The van der Waals surface area contributed by atoms with E-state index in [1.54, 1.807) is 33.2 Å². The number of hydrogen-bond donors (Lipinski definition) is 2. The van der Waals surface area contributed by atoms with Crippen LogP contribution in [-0.2, 0) is 11.3 Å². The Morgan fingerprint density at radius 2 is 1.95 bits per heavy atom. The van der Waals surface area contributed by atoms with Gasteiger partial charge < -0.3 is 25.4 Å². The van der Waals surface area contributed by atoms with Gasteiger partial charge in [0, 0.05) is 27.1 Å². The van der Waals surface area contributed by atoms with Crippen LogP contribution in [0, 0.1) is 0 Å². The average Bonchev–Trinajstić information content (AvgIpc) is 2.52. The van der Waals surface area contributed by atoms with Crippen molar-refractivity contribution in [2.75, 3.05) is 34.9 Å². The number of carbonyl (C=O) groups is 1. The molecule has 0 aliphatic rings. The summed E-state index contributed by atoms with van der Waals surface area (Å²) in [6.07, 6.45) is 0.375. The molecule has 1 aromatic rings. The monoisotopic (exact) mass is 308 g/mol. The van der Waals surface area contributed by atoms with Gasteiger partial charge in [-0.25, -0.2) is 4.99 Å². The Labute approximate surface area is 131 Å². The molecule has 22 heavy (non-hydrogen) atoms. The smallest absolute Gasteiger partial charge is 0.223 e. The molecule has 0 atom stereocenters. The second-order valence-corrected chi connectivity index (χ2v) is 4.86. The van der Waals surface area contributed by atoms with Gasteiger partial charge in [0.2, 0.25) is 5.91 Å². The summed E-state index contributed by atoms with van der Waals surface area (Å²) in [6, 6.07) is 5.57. The highest BCUT2D eigenvalue weighted by atomic mass is 16.5. The van der Waals surface area contributed by atoms with Gasteiger partial charge in [-0.1, -0.05) is 6.07 Å². The molecule has 0 fully saturated rings. The SMILES string of the molecule is COc1ccc(CN=C(N)NCCC(=O)N(C)C)cc1OC. The molecular weight excluding hydrogens is 284 g/mol. The third-order valence-electron chi connectivity index (χ3n) is 3.02. The van der Waals surface area contributed by atoms with Crippen molar-refractivity contribution in [1.82, 2.24) is 10.2 Å². The molecule has 1 rings (SSSR count). The Morgan fingerprint density at radius 3 is 2.55 bits per heavy atom. The predicted molar refractivity (Wildman–Crippen MR) is 86.2 cm³/mol. The first-order valence-electron chi connectivity index (χ1n) is 6.92. The molecular formula is C15H24N4O3. The fraction of sp³-hybridized carbons (Fsp3) is 0.467. The van der Waals surface area contributed by atoms with Crippen molar-refractivity contribution < 1.29 is 14.3 Å². The summed E-state index contributed by atoms with van der Waals surface area (Å²) in [5.41, 5.74) is 6.72. The van der Waals surface area contributed by atoms with Gasteiger partial charge in [-0.3, -0.25) is 4.79 Å². The molecule has 0 aliphatic heterocycles. The minimum atomic E-state index is 0.0418. The van der Waals surface area contributed by atoms with Gasteiger partial charge >= 0.3 is 0 Å². The van der Waals surface area contributed by atoms with Crippen LogP contribution >= 0.6 is 0 Å². The van der Waals surface area contributed by atoms with Crippen LogP contribution in [0.5, 0.6) is 11.5 Å². The number of hydrogen-bond acceptors (Lipinski definition) is 4. The van der Waals surface area contributed by atoms with E-state index in [1.807, 2.05) is 18.2 Å². The number of carbonyl (C=O) groups excluding carboxylic acids is 1. The van der Waals surface area contributed by atoms with Gasteiger partial charge in [-0.05, 0) is 17.7 Å². The minimum Gasteiger partial charge on any atom is -0.493 e. The molecule has 3 N–H and O–H groups in total. The van der Waals surface area contributed by atoms with E-state index in [9.17, 15) is 4.79 Å². The number of nitrogens with one attached hydrogen (secondary N) is 1. The van der Waals surface area contributed by atoms with Crippen molar-refractivity contribution in [3.63, 3.8) is 0 Å². The maximum Gasteiger partial charge on any atom is 0.223 e. The summed E-state index contributed by atoms with van der Waals surface area (Å²) in [5, 5.41) is 2.91. The van der Waals surface area contributed by atoms with E-state index in [1.165, 1.54) is 0 Å². The summed E-state index contributed by atoms with van der Waals surface area (Å²) in [7, 11) is 6.61. The molecule has 0 aromatic heterocycles. The quantitative estimate of drug-likeness (QED) is 0.568. The largest absolute Gasteiger partial charge is 0.493 e. The van der Waals surface area contributed by atoms with E-state index in [-0.39, 0.29) is 5.91 Å². The zero-order valence-electron chi connectivity index (χ0n) is 13.5. The standard InChI is InChI=1S/C15H24N4O3/c1-19(2)14(20)7-8-17-15(16)18-10-11-5-6-12(21-3)13(9-11)22-4/h5-6,9H,7-8,10H2,1-4H3,(H3,16,17,18). The fourth-order valence-corrected chi connectivity index (χ4v) is 1.73. The highest BCUT2D eigenvalue weighted by Crippen LogP contribution is 2.27. The number of benzene rings is 1. The van der Waals surface area contributed by atoms with Crippen LogP contribution in [0.2, 0.25) is 0 Å². The van der Waals surface area contributed by atoms with Gasteiger partial charge in [0.15, 0.2) is 17.5 Å². The summed E-state index contributed by atoms with van der Waals surface area (Å²) < 4.78 is 10.4. The number of aliphatic imine (C=N–C) groups is 1. The van der Waals surface area contributed by atoms with E-state index in [2.05, 4.69) is 10.3 Å². The number of nitrogens with two attached hydrogens (primary N) is 1. The van der Waals surface area contributed by atoms with Crippen LogP contribution < -0.4 is 20.5 Å².